The number of oxazole rings is 1. The number of nitrogens with zero attached hydrogens (tertiary/aromatic N) is 4. The first-order valence-electron chi connectivity index (χ1n) is 11.6. The van der Waals surface area contributed by atoms with E-state index in [9.17, 15) is 14.4 Å². The molecule has 0 fully saturated rings. The van der Waals surface area contributed by atoms with Crippen LogP contribution in [-0.2, 0) is 18.3 Å². The van der Waals surface area contributed by atoms with Crippen LogP contribution >= 0.6 is 0 Å². The van der Waals surface area contributed by atoms with Gasteiger partial charge in [0.15, 0.2) is 0 Å². The lowest BCUT2D eigenvalue weighted by Gasteiger charge is -2.12. The van der Waals surface area contributed by atoms with Crippen LogP contribution in [0.25, 0.3) is 22.5 Å². The topological polar surface area (TPSA) is 118 Å². The van der Waals surface area contributed by atoms with Gasteiger partial charge in [-0.15, -0.1) is 0 Å². The molecule has 4 rings (SSSR count). The van der Waals surface area contributed by atoms with Crippen LogP contribution in [0.15, 0.2) is 44.3 Å². The van der Waals surface area contributed by atoms with E-state index in [0.717, 1.165) is 15.9 Å². The average Bonchev–Trinajstić information content (AvgIpc) is 3.20. The molecule has 0 aliphatic carbocycles. The standard InChI is InChI=1S/C26H28N4O6/c1-7-34-25(32)19-12-15(4)27-22-21(19)24(31)30(26(33)29(22)6)13-20-16(5)36-23(28-20)17-8-10-18(11-9-17)35-14(2)3/h8-12,14H,7,13H2,1-6H3. The second kappa shape index (κ2) is 9.80. The molecule has 1 aromatic carbocycles. The fraction of sp³-hybridized carbons (Fsp3) is 0.346. The lowest BCUT2D eigenvalue weighted by Crippen LogP contribution is -2.40. The fourth-order valence-corrected chi connectivity index (χ4v) is 3.91. The Morgan fingerprint density at radius 3 is 2.44 bits per heavy atom. The number of carbonyl (C=O) groups is 1. The van der Waals surface area contributed by atoms with Crippen molar-refractivity contribution in [1.82, 2.24) is 19.1 Å². The maximum atomic E-state index is 13.5. The zero-order valence-corrected chi connectivity index (χ0v) is 21.1. The van der Waals surface area contributed by atoms with E-state index < -0.39 is 17.2 Å². The van der Waals surface area contributed by atoms with Crippen molar-refractivity contribution in [1.29, 1.82) is 0 Å². The number of hydrogen-bond acceptors (Lipinski definition) is 8. The molecule has 0 saturated heterocycles. The van der Waals surface area contributed by atoms with Gasteiger partial charge in [0, 0.05) is 18.3 Å². The first kappa shape index (κ1) is 24.9. The molecule has 0 amide bonds. The van der Waals surface area contributed by atoms with Gasteiger partial charge in [0.25, 0.3) is 5.56 Å². The first-order chi connectivity index (χ1) is 17.1. The van der Waals surface area contributed by atoms with Crippen molar-refractivity contribution in [3.8, 4) is 17.2 Å². The van der Waals surface area contributed by atoms with E-state index in [-0.39, 0.29) is 35.9 Å². The molecule has 10 nitrogen and oxygen atoms in total. The Labute approximate surface area is 207 Å². The molecule has 0 unspecified atom stereocenters. The van der Waals surface area contributed by atoms with Crippen molar-refractivity contribution >= 4 is 17.0 Å². The Kier molecular flexibility index (Phi) is 6.78. The van der Waals surface area contributed by atoms with Crippen LogP contribution in [0.2, 0.25) is 0 Å². The van der Waals surface area contributed by atoms with Gasteiger partial charge in [-0.2, -0.15) is 0 Å². The zero-order chi connectivity index (χ0) is 26.1. The minimum atomic E-state index is -0.653. The number of ether oxygens (including phenoxy) is 2. The van der Waals surface area contributed by atoms with Crippen LogP contribution in [0, 0.1) is 13.8 Å². The monoisotopic (exact) mass is 492 g/mol. The highest BCUT2D eigenvalue weighted by atomic mass is 16.5. The molecule has 4 aromatic rings. The fourth-order valence-electron chi connectivity index (χ4n) is 3.91. The maximum Gasteiger partial charge on any atom is 0.339 e. The number of benzene rings is 1. The van der Waals surface area contributed by atoms with Crippen LogP contribution < -0.4 is 16.0 Å². The summed E-state index contributed by atoms with van der Waals surface area (Å²) in [6.07, 6.45) is 0.0535. The molecule has 0 radical (unpaired) electrons. The summed E-state index contributed by atoms with van der Waals surface area (Å²) in [5.41, 5.74) is 0.578. The Morgan fingerprint density at radius 2 is 1.81 bits per heavy atom. The highest BCUT2D eigenvalue weighted by Crippen LogP contribution is 2.25. The van der Waals surface area contributed by atoms with Crippen LogP contribution in [0.5, 0.6) is 5.75 Å². The number of carbonyl (C=O) groups excluding carboxylic acids is 1. The number of hydrogen-bond donors (Lipinski definition) is 0. The van der Waals surface area contributed by atoms with Gasteiger partial charge in [0.05, 0.1) is 30.2 Å². The summed E-state index contributed by atoms with van der Waals surface area (Å²) < 4.78 is 18.9. The Bertz CT molecular complexity index is 1560. The largest absolute Gasteiger partial charge is 0.491 e. The van der Waals surface area contributed by atoms with Crippen molar-refractivity contribution in [2.75, 3.05) is 6.61 Å². The lowest BCUT2D eigenvalue weighted by molar-refractivity contribution is 0.0528. The van der Waals surface area contributed by atoms with E-state index >= 15 is 0 Å². The summed E-state index contributed by atoms with van der Waals surface area (Å²) in [7, 11) is 1.50. The molecule has 0 N–H and O–H groups in total. The number of pyridine rings is 1. The van der Waals surface area contributed by atoms with Gasteiger partial charge in [-0.1, -0.05) is 0 Å². The van der Waals surface area contributed by atoms with Crippen molar-refractivity contribution in [2.45, 2.75) is 47.3 Å². The SMILES string of the molecule is CCOC(=O)c1cc(C)nc2c1c(=O)n(Cc1nc(-c3ccc(OC(C)C)cc3)oc1C)c(=O)n2C. The van der Waals surface area contributed by atoms with Gasteiger partial charge in [-0.25, -0.2) is 19.6 Å². The van der Waals surface area contributed by atoms with E-state index in [1.54, 1.807) is 20.8 Å². The van der Waals surface area contributed by atoms with Crippen LogP contribution in [0.3, 0.4) is 0 Å². The van der Waals surface area contributed by atoms with Crippen LogP contribution in [0.1, 0.15) is 48.3 Å². The molecule has 0 spiro atoms. The summed E-state index contributed by atoms with van der Waals surface area (Å²) in [5, 5.41) is 0.0169. The Balaban J connectivity index is 1.78. The maximum absolute atomic E-state index is 13.5. The van der Waals surface area contributed by atoms with E-state index in [1.165, 1.54) is 17.7 Å². The van der Waals surface area contributed by atoms with Crippen molar-refractivity contribution < 1.29 is 18.7 Å². The molecule has 0 aliphatic rings. The third kappa shape index (κ3) is 4.66. The molecule has 188 valence electrons. The lowest BCUT2D eigenvalue weighted by atomic mass is 10.1. The summed E-state index contributed by atoms with van der Waals surface area (Å²) >= 11 is 0. The van der Waals surface area contributed by atoms with Crippen molar-refractivity contribution in [3.05, 3.63) is 73.9 Å². The summed E-state index contributed by atoms with van der Waals surface area (Å²) in [6.45, 7) is 8.98. The predicted octanol–water partition coefficient (Wildman–Crippen LogP) is 3.38. The molecule has 3 aromatic heterocycles. The molecule has 3 heterocycles. The third-order valence-electron chi connectivity index (χ3n) is 5.59. The summed E-state index contributed by atoms with van der Waals surface area (Å²) in [4.78, 5) is 48.1. The van der Waals surface area contributed by atoms with Gasteiger partial charge in [-0.05, 0) is 65.0 Å². The van der Waals surface area contributed by atoms with Gasteiger partial charge in [0.2, 0.25) is 5.89 Å². The Hall–Kier alpha value is -4.21. The number of fused-ring (bicyclic) bond motifs is 1. The minimum absolute atomic E-state index is 0.0169. The summed E-state index contributed by atoms with van der Waals surface area (Å²) in [6, 6.07) is 8.79. The van der Waals surface area contributed by atoms with Crippen molar-refractivity contribution in [2.24, 2.45) is 7.05 Å². The molecule has 0 bridgehead atoms. The smallest absolute Gasteiger partial charge is 0.339 e. The predicted molar refractivity (Wildman–Crippen MR) is 133 cm³/mol. The molecule has 0 atom stereocenters. The van der Waals surface area contributed by atoms with E-state index in [2.05, 4.69) is 9.97 Å². The van der Waals surface area contributed by atoms with E-state index in [0.29, 0.717) is 23.0 Å². The van der Waals surface area contributed by atoms with Gasteiger partial charge >= 0.3 is 11.7 Å². The molecular weight excluding hydrogens is 464 g/mol. The average molecular weight is 493 g/mol. The molecule has 10 heteroatoms. The van der Waals surface area contributed by atoms with Gasteiger partial charge in [0.1, 0.15) is 22.9 Å². The van der Waals surface area contributed by atoms with Crippen molar-refractivity contribution in [3.63, 3.8) is 0 Å². The quantitative estimate of drug-likeness (QED) is 0.360. The number of aromatic nitrogens is 4. The highest BCUT2D eigenvalue weighted by Gasteiger charge is 2.22. The van der Waals surface area contributed by atoms with Gasteiger partial charge < -0.3 is 13.9 Å². The second-order valence-corrected chi connectivity index (χ2v) is 8.68. The summed E-state index contributed by atoms with van der Waals surface area (Å²) in [5.74, 6) is 0.896. The minimum Gasteiger partial charge on any atom is -0.491 e. The number of esters is 1. The molecule has 0 aliphatic heterocycles. The van der Waals surface area contributed by atoms with Crippen LogP contribution in [-0.4, -0.2) is 37.8 Å². The highest BCUT2D eigenvalue weighted by molar-refractivity contribution is 6.02. The molecule has 0 saturated carbocycles. The third-order valence-corrected chi connectivity index (χ3v) is 5.59. The van der Waals surface area contributed by atoms with Crippen LogP contribution in [0.4, 0.5) is 0 Å². The number of rotatable bonds is 7. The molecule has 36 heavy (non-hydrogen) atoms. The first-order valence-corrected chi connectivity index (χ1v) is 11.6. The van der Waals surface area contributed by atoms with E-state index in [1.807, 2.05) is 38.1 Å². The molecular formula is C26H28N4O6. The number of aryl methyl sites for hydroxylation is 3. The van der Waals surface area contributed by atoms with Gasteiger partial charge in [-0.3, -0.25) is 13.9 Å². The second-order valence-electron chi connectivity index (χ2n) is 8.68. The zero-order valence-electron chi connectivity index (χ0n) is 21.1. The normalized spacial score (nSPS) is 11.3. The van der Waals surface area contributed by atoms with E-state index in [4.69, 9.17) is 13.9 Å². The Morgan fingerprint density at radius 1 is 1.11 bits per heavy atom.